The SMILES string of the molecule is c1ccc(-c2ccccc2N(c2ccc(-c3ccc4c(c3)-c3ccccc3C43c4ccc5ccccc5c4Oc4c3ccc3ccccc43)cc2)c2cccc3ccccc23)cc1. The Morgan fingerprint density at radius 2 is 0.810 bits per heavy atom. The van der Waals surface area contributed by atoms with Crippen LogP contribution in [0.3, 0.4) is 0 Å². The van der Waals surface area contributed by atoms with E-state index in [0.717, 1.165) is 39.3 Å². The lowest BCUT2D eigenvalue weighted by molar-refractivity contribution is 0.447. The Bertz CT molecular complexity index is 3520. The summed E-state index contributed by atoms with van der Waals surface area (Å²) in [6, 6.07) is 86.4. The maximum absolute atomic E-state index is 7.16. The van der Waals surface area contributed by atoms with Gasteiger partial charge in [-0.1, -0.05) is 206 Å². The zero-order valence-electron chi connectivity index (χ0n) is 34.4. The molecular formula is C61H39NO. The molecule has 0 aromatic heterocycles. The molecule has 2 nitrogen and oxygen atoms in total. The van der Waals surface area contributed by atoms with Gasteiger partial charge in [0.2, 0.25) is 0 Å². The third kappa shape index (κ3) is 5.25. The minimum Gasteiger partial charge on any atom is -0.455 e. The number of rotatable bonds is 5. The van der Waals surface area contributed by atoms with E-state index in [4.69, 9.17) is 4.74 Å². The number of anilines is 3. The summed E-state index contributed by atoms with van der Waals surface area (Å²) in [5.74, 6) is 1.87. The predicted molar refractivity (Wildman–Crippen MR) is 262 cm³/mol. The molecule has 1 aliphatic heterocycles. The fourth-order valence-corrected chi connectivity index (χ4v) is 10.7. The molecule has 0 N–H and O–H groups in total. The number of hydrogen-bond acceptors (Lipinski definition) is 2. The number of benzene rings is 11. The predicted octanol–water partition coefficient (Wildman–Crippen LogP) is 16.4. The van der Waals surface area contributed by atoms with Crippen molar-refractivity contribution >= 4 is 49.4 Å². The van der Waals surface area contributed by atoms with Gasteiger partial charge in [-0.25, -0.2) is 0 Å². The molecule has 0 amide bonds. The Morgan fingerprint density at radius 3 is 1.52 bits per heavy atom. The molecule has 2 heteroatoms. The highest BCUT2D eigenvalue weighted by atomic mass is 16.5. The number of nitrogens with zero attached hydrogens (tertiary/aromatic N) is 1. The van der Waals surface area contributed by atoms with Gasteiger partial charge in [0.15, 0.2) is 0 Å². The summed E-state index contributed by atoms with van der Waals surface area (Å²) < 4.78 is 7.16. The molecule has 11 aromatic carbocycles. The van der Waals surface area contributed by atoms with Crippen LogP contribution in [0, 0.1) is 0 Å². The molecule has 2 aliphatic rings. The summed E-state index contributed by atoms with van der Waals surface area (Å²) in [6.07, 6.45) is 0. The second-order valence-electron chi connectivity index (χ2n) is 16.7. The van der Waals surface area contributed by atoms with Gasteiger partial charge in [-0.2, -0.15) is 0 Å². The van der Waals surface area contributed by atoms with E-state index in [9.17, 15) is 0 Å². The van der Waals surface area contributed by atoms with Crippen molar-refractivity contribution in [1.82, 2.24) is 0 Å². The van der Waals surface area contributed by atoms with Gasteiger partial charge < -0.3 is 9.64 Å². The number of fused-ring (bicyclic) bond motifs is 14. The largest absolute Gasteiger partial charge is 0.455 e. The summed E-state index contributed by atoms with van der Waals surface area (Å²) in [4.78, 5) is 2.42. The minimum absolute atomic E-state index is 0.573. The first-order chi connectivity index (χ1) is 31.3. The Kier molecular flexibility index (Phi) is 7.85. The van der Waals surface area contributed by atoms with Crippen molar-refractivity contribution < 1.29 is 4.74 Å². The number of para-hydroxylation sites is 1. The average molecular weight is 802 g/mol. The fourth-order valence-electron chi connectivity index (χ4n) is 10.7. The normalized spacial score (nSPS) is 13.0. The molecule has 1 spiro atoms. The molecule has 0 bridgehead atoms. The van der Waals surface area contributed by atoms with Crippen molar-refractivity contribution in [2.45, 2.75) is 5.41 Å². The highest BCUT2D eigenvalue weighted by Gasteiger charge is 2.51. The van der Waals surface area contributed by atoms with Gasteiger partial charge in [0, 0.05) is 38.5 Å². The van der Waals surface area contributed by atoms with E-state index in [2.05, 4.69) is 241 Å². The quantitative estimate of drug-likeness (QED) is 0.172. The van der Waals surface area contributed by atoms with E-state index < -0.39 is 5.41 Å². The first-order valence-corrected chi connectivity index (χ1v) is 21.8. The summed E-state index contributed by atoms with van der Waals surface area (Å²) in [5, 5.41) is 7.00. The van der Waals surface area contributed by atoms with Crippen LogP contribution in [0.5, 0.6) is 11.5 Å². The Hall–Kier alpha value is -8.20. The monoisotopic (exact) mass is 801 g/mol. The van der Waals surface area contributed by atoms with E-state index in [1.165, 1.54) is 77.2 Å². The maximum atomic E-state index is 7.16. The van der Waals surface area contributed by atoms with Gasteiger partial charge in [0.25, 0.3) is 0 Å². The van der Waals surface area contributed by atoms with Crippen LogP contribution in [0.2, 0.25) is 0 Å². The van der Waals surface area contributed by atoms with Crippen molar-refractivity contribution in [3.8, 4) is 44.9 Å². The molecule has 294 valence electrons. The lowest BCUT2D eigenvalue weighted by Crippen LogP contribution is -2.32. The molecule has 1 heterocycles. The van der Waals surface area contributed by atoms with Crippen molar-refractivity contribution in [2.24, 2.45) is 0 Å². The second kappa shape index (κ2) is 13.9. The van der Waals surface area contributed by atoms with E-state index in [0.29, 0.717) is 0 Å². The highest BCUT2D eigenvalue weighted by molar-refractivity contribution is 6.02. The third-order valence-electron chi connectivity index (χ3n) is 13.5. The molecule has 0 radical (unpaired) electrons. The second-order valence-corrected chi connectivity index (χ2v) is 16.7. The summed E-state index contributed by atoms with van der Waals surface area (Å²) in [5.41, 5.74) is 14.9. The first kappa shape index (κ1) is 35.5. The molecule has 0 unspecified atom stereocenters. The molecular weight excluding hydrogens is 763 g/mol. The fraction of sp³-hybridized carbons (Fsp3) is 0.0164. The third-order valence-corrected chi connectivity index (χ3v) is 13.5. The number of hydrogen-bond donors (Lipinski definition) is 0. The van der Waals surface area contributed by atoms with E-state index in [-0.39, 0.29) is 0 Å². The molecule has 0 saturated heterocycles. The summed E-state index contributed by atoms with van der Waals surface area (Å²) in [6.45, 7) is 0. The van der Waals surface area contributed by atoms with Gasteiger partial charge in [-0.3, -0.25) is 0 Å². The van der Waals surface area contributed by atoms with Crippen LogP contribution in [-0.4, -0.2) is 0 Å². The topological polar surface area (TPSA) is 12.5 Å². The van der Waals surface area contributed by atoms with Crippen molar-refractivity contribution in [2.75, 3.05) is 4.90 Å². The maximum Gasteiger partial charge on any atom is 0.140 e. The molecule has 0 fully saturated rings. The van der Waals surface area contributed by atoms with Crippen LogP contribution >= 0.6 is 0 Å². The van der Waals surface area contributed by atoms with Crippen LogP contribution < -0.4 is 9.64 Å². The van der Waals surface area contributed by atoms with E-state index in [1.54, 1.807) is 0 Å². The van der Waals surface area contributed by atoms with Crippen LogP contribution in [0.4, 0.5) is 17.1 Å². The number of ether oxygens (including phenoxy) is 1. The van der Waals surface area contributed by atoms with Gasteiger partial charge in [-0.05, 0) is 85.4 Å². The average Bonchev–Trinajstić information content (AvgIpc) is 3.64. The zero-order valence-corrected chi connectivity index (χ0v) is 34.4. The van der Waals surface area contributed by atoms with E-state index >= 15 is 0 Å². The van der Waals surface area contributed by atoms with Crippen LogP contribution in [0.15, 0.2) is 237 Å². The Labute approximate surface area is 366 Å². The van der Waals surface area contributed by atoms with Crippen LogP contribution in [0.1, 0.15) is 22.3 Å². The Balaban J connectivity index is 0.990. The minimum atomic E-state index is -0.573. The van der Waals surface area contributed by atoms with Crippen molar-refractivity contribution in [3.63, 3.8) is 0 Å². The van der Waals surface area contributed by atoms with Gasteiger partial charge in [-0.15, -0.1) is 0 Å². The molecule has 1 aliphatic carbocycles. The Morgan fingerprint density at radius 1 is 0.302 bits per heavy atom. The van der Waals surface area contributed by atoms with Crippen LogP contribution in [-0.2, 0) is 5.41 Å². The lowest BCUT2D eigenvalue weighted by atomic mass is 9.65. The summed E-state index contributed by atoms with van der Waals surface area (Å²) >= 11 is 0. The first-order valence-electron chi connectivity index (χ1n) is 21.8. The standard InChI is InChI=1S/C61H39NO/c1-2-15-41(16-3-1)47-22-11-13-27-57(47)62(58-28-14-20-42-17-4-7-21-48(42)58)46-34-29-40(30-35-46)45-33-36-54-52(39-45)51-25-10-12-26-53(51)61(54)55-37-31-43-18-5-8-23-49(43)59(55)63-60-50-24-9-6-19-44(50)32-38-56(60)61/h1-39H. The van der Waals surface area contributed by atoms with Gasteiger partial charge >= 0.3 is 0 Å². The zero-order chi connectivity index (χ0) is 41.5. The molecule has 0 atom stereocenters. The lowest BCUT2D eigenvalue weighted by Gasteiger charge is -2.40. The van der Waals surface area contributed by atoms with E-state index in [1.807, 2.05) is 0 Å². The molecule has 11 aromatic rings. The van der Waals surface area contributed by atoms with Crippen molar-refractivity contribution in [3.05, 3.63) is 259 Å². The van der Waals surface area contributed by atoms with Gasteiger partial charge in [0.1, 0.15) is 11.5 Å². The smallest absolute Gasteiger partial charge is 0.140 e. The molecule has 0 saturated carbocycles. The molecule has 63 heavy (non-hydrogen) atoms. The van der Waals surface area contributed by atoms with Crippen LogP contribution in [0.25, 0.3) is 65.7 Å². The highest BCUT2D eigenvalue weighted by Crippen LogP contribution is 2.64. The summed E-state index contributed by atoms with van der Waals surface area (Å²) in [7, 11) is 0. The van der Waals surface area contributed by atoms with Crippen molar-refractivity contribution in [1.29, 1.82) is 0 Å². The van der Waals surface area contributed by atoms with Gasteiger partial charge in [0.05, 0.1) is 16.8 Å². The molecule has 13 rings (SSSR count).